The molecule has 0 radical (unpaired) electrons. The van der Waals surface area contributed by atoms with Crippen molar-refractivity contribution in [3.63, 3.8) is 0 Å². The van der Waals surface area contributed by atoms with E-state index in [0.717, 1.165) is 30.1 Å². The van der Waals surface area contributed by atoms with E-state index in [9.17, 15) is 18.0 Å². The van der Waals surface area contributed by atoms with Gasteiger partial charge in [0.05, 0.1) is 23.7 Å². The lowest BCUT2D eigenvalue weighted by Gasteiger charge is -2.12. The van der Waals surface area contributed by atoms with E-state index in [0.29, 0.717) is 30.2 Å². The Morgan fingerprint density at radius 2 is 1.97 bits per heavy atom. The van der Waals surface area contributed by atoms with Crippen molar-refractivity contribution in [1.82, 2.24) is 10.3 Å². The molecule has 2 aromatic carbocycles. The number of ether oxygens (including phenoxy) is 1. The lowest BCUT2D eigenvalue weighted by atomic mass is 10.1. The number of amidine groups is 1. The van der Waals surface area contributed by atoms with Crippen LogP contribution < -0.4 is 15.4 Å². The van der Waals surface area contributed by atoms with Crippen LogP contribution in [0.3, 0.4) is 0 Å². The van der Waals surface area contributed by atoms with Crippen LogP contribution in [-0.4, -0.2) is 29.8 Å². The molecule has 0 unspecified atom stereocenters. The Morgan fingerprint density at radius 3 is 2.71 bits per heavy atom. The third kappa shape index (κ3) is 6.14. The molecule has 0 saturated carbocycles. The van der Waals surface area contributed by atoms with Crippen LogP contribution in [0.5, 0.6) is 11.5 Å². The van der Waals surface area contributed by atoms with Gasteiger partial charge in [0, 0.05) is 30.9 Å². The Balaban J connectivity index is 1.37. The zero-order chi connectivity index (χ0) is 24.8. The Morgan fingerprint density at radius 1 is 1.14 bits per heavy atom. The lowest BCUT2D eigenvalue weighted by molar-refractivity contribution is -0.137. The first-order valence-electron chi connectivity index (χ1n) is 10.7. The minimum Gasteiger partial charge on any atom is -0.457 e. The molecule has 0 spiro atoms. The van der Waals surface area contributed by atoms with Crippen LogP contribution in [-0.2, 0) is 17.4 Å². The Kier molecular flexibility index (Phi) is 6.96. The number of alkyl halides is 3. The molecular formula is C25H20F3N5O2. The predicted octanol–water partition coefficient (Wildman–Crippen LogP) is 4.69. The van der Waals surface area contributed by atoms with Crippen LogP contribution in [0.4, 0.5) is 18.9 Å². The van der Waals surface area contributed by atoms with E-state index < -0.39 is 23.2 Å². The van der Waals surface area contributed by atoms with Crippen molar-refractivity contribution in [2.75, 3.05) is 18.4 Å². The number of nitriles is 1. The first-order valence-corrected chi connectivity index (χ1v) is 10.7. The number of aromatic nitrogens is 1. The molecule has 2 heterocycles. The van der Waals surface area contributed by atoms with E-state index in [-0.39, 0.29) is 12.1 Å². The SMILES string of the molecule is N#Cc1ccc(NC(=O)CCc2cccc(Oc3ccnc(C4=NCCN4)c3)c2)cc1C(F)(F)F. The average Bonchev–Trinajstić information content (AvgIpc) is 3.38. The van der Waals surface area contributed by atoms with Crippen molar-refractivity contribution in [1.29, 1.82) is 5.26 Å². The number of nitrogens with one attached hydrogen (secondary N) is 2. The molecule has 0 saturated heterocycles. The quantitative estimate of drug-likeness (QED) is 0.513. The smallest absolute Gasteiger partial charge is 0.417 e. The number of nitrogens with zero attached hydrogens (tertiary/aromatic N) is 3. The van der Waals surface area contributed by atoms with E-state index >= 15 is 0 Å². The normalized spacial score (nSPS) is 12.9. The van der Waals surface area contributed by atoms with Gasteiger partial charge in [0.25, 0.3) is 0 Å². The number of aryl methyl sites for hydroxylation is 1. The molecule has 7 nitrogen and oxygen atoms in total. The summed E-state index contributed by atoms with van der Waals surface area (Å²) in [6.45, 7) is 1.47. The zero-order valence-corrected chi connectivity index (χ0v) is 18.4. The molecule has 178 valence electrons. The summed E-state index contributed by atoms with van der Waals surface area (Å²) in [6, 6.07) is 15.3. The van der Waals surface area contributed by atoms with Crippen LogP contribution in [0.2, 0.25) is 0 Å². The summed E-state index contributed by atoms with van der Waals surface area (Å²) in [5.74, 6) is 1.43. The van der Waals surface area contributed by atoms with Crippen molar-refractivity contribution in [2.45, 2.75) is 19.0 Å². The van der Waals surface area contributed by atoms with E-state index in [1.54, 1.807) is 36.5 Å². The molecule has 0 bridgehead atoms. The fourth-order valence-corrected chi connectivity index (χ4v) is 3.51. The van der Waals surface area contributed by atoms with Gasteiger partial charge in [0.1, 0.15) is 23.0 Å². The van der Waals surface area contributed by atoms with Crippen molar-refractivity contribution >= 4 is 17.4 Å². The van der Waals surface area contributed by atoms with Gasteiger partial charge >= 0.3 is 6.18 Å². The summed E-state index contributed by atoms with van der Waals surface area (Å²) >= 11 is 0. The number of amides is 1. The molecule has 10 heteroatoms. The summed E-state index contributed by atoms with van der Waals surface area (Å²) in [5, 5.41) is 14.5. The largest absolute Gasteiger partial charge is 0.457 e. The fourth-order valence-electron chi connectivity index (χ4n) is 3.51. The average molecular weight is 479 g/mol. The molecule has 1 aromatic heterocycles. The third-order valence-corrected chi connectivity index (χ3v) is 5.15. The standard InChI is InChI=1S/C25H20F3N5O2/c26-25(27,28)21-13-18(6-5-17(21)15-29)33-23(34)7-4-16-2-1-3-19(12-16)35-20-8-9-30-22(14-20)24-31-10-11-32-24/h1-3,5-6,8-9,12-14H,4,7,10-11H2,(H,31,32)(H,33,34). The highest BCUT2D eigenvalue weighted by molar-refractivity contribution is 5.98. The molecule has 1 aliphatic heterocycles. The number of hydrogen-bond acceptors (Lipinski definition) is 6. The zero-order valence-electron chi connectivity index (χ0n) is 18.4. The summed E-state index contributed by atoms with van der Waals surface area (Å²) < 4.78 is 45.3. The third-order valence-electron chi connectivity index (χ3n) is 5.15. The van der Waals surface area contributed by atoms with Crippen LogP contribution in [0.1, 0.15) is 28.8 Å². The highest BCUT2D eigenvalue weighted by atomic mass is 19.4. The first-order chi connectivity index (χ1) is 16.8. The molecule has 1 aliphatic rings. The van der Waals surface area contributed by atoms with Crippen molar-refractivity contribution < 1.29 is 22.7 Å². The molecule has 2 N–H and O–H groups in total. The Hall–Kier alpha value is -4.39. The molecule has 4 rings (SSSR count). The van der Waals surface area contributed by atoms with Gasteiger partial charge in [-0.1, -0.05) is 12.1 Å². The van der Waals surface area contributed by atoms with Gasteiger partial charge in [0.2, 0.25) is 5.91 Å². The number of carbonyl (C=O) groups is 1. The molecular weight excluding hydrogens is 459 g/mol. The van der Waals surface area contributed by atoms with Crippen LogP contribution >= 0.6 is 0 Å². The van der Waals surface area contributed by atoms with E-state index in [1.165, 1.54) is 12.1 Å². The highest BCUT2D eigenvalue weighted by Crippen LogP contribution is 2.33. The highest BCUT2D eigenvalue weighted by Gasteiger charge is 2.34. The first kappa shape index (κ1) is 23.8. The minimum atomic E-state index is -4.69. The summed E-state index contributed by atoms with van der Waals surface area (Å²) in [5.41, 5.74) is -0.0963. The van der Waals surface area contributed by atoms with E-state index in [1.807, 2.05) is 6.07 Å². The molecule has 35 heavy (non-hydrogen) atoms. The lowest BCUT2D eigenvalue weighted by Crippen LogP contribution is -2.20. The monoisotopic (exact) mass is 479 g/mol. The van der Waals surface area contributed by atoms with Gasteiger partial charge in [-0.25, -0.2) is 0 Å². The van der Waals surface area contributed by atoms with Crippen molar-refractivity contribution in [3.05, 3.63) is 83.2 Å². The van der Waals surface area contributed by atoms with Gasteiger partial charge in [-0.3, -0.25) is 14.8 Å². The van der Waals surface area contributed by atoms with Gasteiger partial charge in [-0.2, -0.15) is 18.4 Å². The molecule has 0 atom stereocenters. The maximum Gasteiger partial charge on any atom is 0.417 e. The van der Waals surface area contributed by atoms with E-state index in [2.05, 4.69) is 20.6 Å². The second kappa shape index (κ2) is 10.3. The Bertz CT molecular complexity index is 1310. The summed E-state index contributed by atoms with van der Waals surface area (Å²) in [7, 11) is 0. The van der Waals surface area contributed by atoms with Gasteiger partial charge in [-0.05, 0) is 48.4 Å². The summed E-state index contributed by atoms with van der Waals surface area (Å²) in [4.78, 5) is 21.0. The number of anilines is 1. The second-order valence-corrected chi connectivity index (χ2v) is 7.70. The van der Waals surface area contributed by atoms with Gasteiger partial charge in [-0.15, -0.1) is 0 Å². The molecule has 3 aromatic rings. The van der Waals surface area contributed by atoms with Gasteiger partial charge in [0.15, 0.2) is 0 Å². The van der Waals surface area contributed by atoms with Crippen molar-refractivity contribution in [2.24, 2.45) is 4.99 Å². The topological polar surface area (TPSA) is 99.4 Å². The molecule has 1 amide bonds. The molecule has 0 aliphatic carbocycles. The second-order valence-electron chi connectivity index (χ2n) is 7.70. The number of carbonyl (C=O) groups excluding carboxylic acids is 1. The van der Waals surface area contributed by atoms with Crippen LogP contribution in [0.15, 0.2) is 65.8 Å². The number of pyridine rings is 1. The number of halogens is 3. The fraction of sp³-hybridized carbons (Fsp3) is 0.200. The van der Waals surface area contributed by atoms with E-state index in [4.69, 9.17) is 10.00 Å². The number of aliphatic imine (C=N–C) groups is 1. The van der Waals surface area contributed by atoms with Crippen molar-refractivity contribution in [3.8, 4) is 17.6 Å². The maximum absolute atomic E-state index is 13.1. The molecule has 0 fully saturated rings. The van der Waals surface area contributed by atoms with Gasteiger partial charge < -0.3 is 15.4 Å². The Labute approximate surface area is 199 Å². The van der Waals surface area contributed by atoms with Crippen LogP contribution in [0, 0.1) is 11.3 Å². The maximum atomic E-state index is 13.1. The van der Waals surface area contributed by atoms with Crippen LogP contribution in [0.25, 0.3) is 0 Å². The predicted molar refractivity (Wildman–Crippen MR) is 123 cm³/mol. The minimum absolute atomic E-state index is 0.0201. The number of hydrogen-bond donors (Lipinski definition) is 2. The number of rotatable bonds is 7. The number of benzene rings is 2. The summed E-state index contributed by atoms with van der Waals surface area (Å²) in [6.07, 6.45) is -2.65.